The van der Waals surface area contributed by atoms with Crippen LogP contribution in [0.25, 0.3) is 0 Å². The summed E-state index contributed by atoms with van der Waals surface area (Å²) in [7, 11) is 0. The molecule has 1 aliphatic rings. The van der Waals surface area contributed by atoms with Crippen molar-refractivity contribution in [3.8, 4) is 11.5 Å². The highest BCUT2D eigenvalue weighted by molar-refractivity contribution is 5.45. The van der Waals surface area contributed by atoms with Gasteiger partial charge in [0, 0.05) is 12.1 Å². The van der Waals surface area contributed by atoms with Crippen molar-refractivity contribution in [1.29, 1.82) is 0 Å². The quantitative estimate of drug-likeness (QED) is 0.903. The highest BCUT2D eigenvalue weighted by Crippen LogP contribution is 2.31. The number of hydrogen-bond acceptors (Lipinski definition) is 3. The van der Waals surface area contributed by atoms with Gasteiger partial charge in [0.05, 0.1) is 6.61 Å². The molecule has 3 heteroatoms. The van der Waals surface area contributed by atoms with Gasteiger partial charge in [-0.05, 0) is 51.3 Å². The van der Waals surface area contributed by atoms with Gasteiger partial charge in [-0.15, -0.1) is 0 Å². The van der Waals surface area contributed by atoms with Crippen LogP contribution in [0.4, 0.5) is 0 Å². The molecule has 1 heterocycles. The fourth-order valence-electron chi connectivity index (χ4n) is 2.69. The molecule has 1 aliphatic heterocycles. The second-order valence-corrected chi connectivity index (χ2v) is 5.51. The van der Waals surface area contributed by atoms with Crippen LogP contribution in [-0.2, 0) is 6.54 Å². The summed E-state index contributed by atoms with van der Waals surface area (Å²) < 4.78 is 5.44. The Morgan fingerprint density at radius 3 is 2.95 bits per heavy atom. The van der Waals surface area contributed by atoms with Crippen molar-refractivity contribution < 1.29 is 9.84 Å². The van der Waals surface area contributed by atoms with Gasteiger partial charge in [-0.2, -0.15) is 0 Å². The van der Waals surface area contributed by atoms with E-state index < -0.39 is 0 Å². The number of ether oxygens (including phenoxy) is 1. The summed E-state index contributed by atoms with van der Waals surface area (Å²) in [6, 6.07) is 5.78. The lowest BCUT2D eigenvalue weighted by Crippen LogP contribution is -2.24. The number of hydrogen-bond donors (Lipinski definition) is 1. The van der Waals surface area contributed by atoms with E-state index in [1.807, 2.05) is 25.1 Å². The van der Waals surface area contributed by atoms with Crippen molar-refractivity contribution in [3.63, 3.8) is 0 Å². The predicted octanol–water partition coefficient (Wildman–Crippen LogP) is 3.41. The van der Waals surface area contributed by atoms with Crippen molar-refractivity contribution in [3.05, 3.63) is 23.8 Å². The van der Waals surface area contributed by atoms with Crippen LogP contribution in [0.3, 0.4) is 0 Å². The Morgan fingerprint density at radius 1 is 1.32 bits per heavy atom. The lowest BCUT2D eigenvalue weighted by Gasteiger charge is -2.21. The zero-order valence-corrected chi connectivity index (χ0v) is 12.1. The lowest BCUT2D eigenvalue weighted by atomic mass is 10.0. The summed E-state index contributed by atoms with van der Waals surface area (Å²) in [5.74, 6) is 1.73. The third-order valence-corrected chi connectivity index (χ3v) is 3.89. The molecule has 1 atom stereocenters. The van der Waals surface area contributed by atoms with Crippen LogP contribution >= 0.6 is 0 Å². The van der Waals surface area contributed by atoms with E-state index in [-0.39, 0.29) is 0 Å². The van der Waals surface area contributed by atoms with Gasteiger partial charge >= 0.3 is 0 Å². The summed E-state index contributed by atoms with van der Waals surface area (Å²) in [6.45, 7) is 7.92. The Hall–Kier alpha value is -1.22. The summed E-state index contributed by atoms with van der Waals surface area (Å²) in [6.07, 6.45) is 3.83. The van der Waals surface area contributed by atoms with E-state index >= 15 is 0 Å². The fraction of sp³-hybridized carbons (Fsp3) is 0.625. The van der Waals surface area contributed by atoms with Crippen LogP contribution in [-0.4, -0.2) is 29.7 Å². The normalized spacial score (nSPS) is 21.1. The SMILES string of the molecule is CCOc1cccc(CN2CCCC(C)CC2)c1O. The predicted molar refractivity (Wildman–Crippen MR) is 77.6 cm³/mol. The average molecular weight is 263 g/mol. The second kappa shape index (κ2) is 6.80. The van der Waals surface area contributed by atoms with Gasteiger partial charge in [-0.3, -0.25) is 4.90 Å². The molecule has 0 spiro atoms. The van der Waals surface area contributed by atoms with Crippen LogP contribution in [0, 0.1) is 5.92 Å². The molecule has 0 saturated carbocycles. The number of para-hydroxylation sites is 1. The van der Waals surface area contributed by atoms with Crippen molar-refractivity contribution >= 4 is 0 Å². The van der Waals surface area contributed by atoms with Gasteiger partial charge in [0.2, 0.25) is 0 Å². The second-order valence-electron chi connectivity index (χ2n) is 5.51. The molecule has 0 aliphatic carbocycles. The van der Waals surface area contributed by atoms with Crippen LogP contribution < -0.4 is 4.74 Å². The molecule has 0 aromatic heterocycles. The van der Waals surface area contributed by atoms with E-state index in [0.29, 0.717) is 18.1 Å². The fourth-order valence-corrected chi connectivity index (χ4v) is 2.69. The molecule has 3 nitrogen and oxygen atoms in total. The Labute approximate surface area is 116 Å². The maximum absolute atomic E-state index is 10.2. The van der Waals surface area contributed by atoms with Gasteiger partial charge < -0.3 is 9.84 Å². The Bertz CT molecular complexity index is 406. The number of phenols is 1. The first-order chi connectivity index (χ1) is 9.20. The first-order valence-corrected chi connectivity index (χ1v) is 7.36. The third-order valence-electron chi connectivity index (χ3n) is 3.89. The van der Waals surface area contributed by atoms with Gasteiger partial charge in [0.15, 0.2) is 11.5 Å². The summed E-state index contributed by atoms with van der Waals surface area (Å²) in [4.78, 5) is 2.44. The van der Waals surface area contributed by atoms with Gasteiger partial charge in [0.1, 0.15) is 0 Å². The van der Waals surface area contributed by atoms with E-state index in [1.54, 1.807) is 0 Å². The maximum Gasteiger partial charge on any atom is 0.162 e. The van der Waals surface area contributed by atoms with Gasteiger partial charge in [-0.1, -0.05) is 19.1 Å². The molecule has 1 unspecified atom stereocenters. The third kappa shape index (κ3) is 3.87. The molecule has 2 rings (SSSR count). The lowest BCUT2D eigenvalue weighted by molar-refractivity contribution is 0.265. The molecule has 1 fully saturated rings. The number of nitrogens with zero attached hydrogens (tertiary/aromatic N) is 1. The number of aromatic hydroxyl groups is 1. The van der Waals surface area contributed by atoms with Crippen LogP contribution in [0.5, 0.6) is 11.5 Å². The molecule has 1 aromatic carbocycles. The molecule has 1 saturated heterocycles. The first kappa shape index (κ1) is 14.2. The summed E-state index contributed by atoms with van der Waals surface area (Å²) >= 11 is 0. The number of rotatable bonds is 4. The van der Waals surface area contributed by atoms with Gasteiger partial charge in [0.25, 0.3) is 0 Å². The average Bonchev–Trinajstić information content (AvgIpc) is 2.60. The Kier molecular flexibility index (Phi) is 5.08. The summed E-state index contributed by atoms with van der Waals surface area (Å²) in [5.41, 5.74) is 0.973. The van der Waals surface area contributed by atoms with E-state index in [1.165, 1.54) is 19.3 Å². The topological polar surface area (TPSA) is 32.7 Å². The standard InChI is InChI=1S/C16H25NO2/c1-3-19-15-8-4-7-14(16(15)18)12-17-10-5-6-13(2)9-11-17/h4,7-8,13,18H,3,5-6,9-12H2,1-2H3. The summed E-state index contributed by atoms with van der Waals surface area (Å²) in [5, 5.41) is 10.2. The molecule has 106 valence electrons. The Morgan fingerprint density at radius 2 is 2.16 bits per heavy atom. The molecule has 0 amide bonds. The number of phenolic OH excluding ortho intramolecular Hbond substituents is 1. The molecule has 0 bridgehead atoms. The zero-order valence-electron chi connectivity index (χ0n) is 12.1. The highest BCUT2D eigenvalue weighted by Gasteiger charge is 2.16. The first-order valence-electron chi connectivity index (χ1n) is 7.36. The van der Waals surface area contributed by atoms with Gasteiger partial charge in [-0.25, -0.2) is 0 Å². The van der Waals surface area contributed by atoms with Crippen LogP contribution in [0.15, 0.2) is 18.2 Å². The van der Waals surface area contributed by atoms with Crippen LogP contribution in [0.1, 0.15) is 38.7 Å². The van der Waals surface area contributed by atoms with Crippen LogP contribution in [0.2, 0.25) is 0 Å². The minimum absolute atomic E-state index is 0.307. The minimum atomic E-state index is 0.307. The molecular formula is C16H25NO2. The smallest absolute Gasteiger partial charge is 0.162 e. The highest BCUT2D eigenvalue weighted by atomic mass is 16.5. The Balaban J connectivity index is 2.04. The maximum atomic E-state index is 10.2. The van der Waals surface area contributed by atoms with Crippen molar-refractivity contribution in [2.75, 3.05) is 19.7 Å². The van der Waals surface area contributed by atoms with E-state index in [9.17, 15) is 5.11 Å². The van der Waals surface area contributed by atoms with Crippen molar-refractivity contribution in [2.24, 2.45) is 5.92 Å². The van der Waals surface area contributed by atoms with E-state index in [4.69, 9.17) is 4.74 Å². The molecule has 1 aromatic rings. The minimum Gasteiger partial charge on any atom is -0.504 e. The molecule has 0 radical (unpaired) electrons. The molecule has 19 heavy (non-hydrogen) atoms. The van der Waals surface area contributed by atoms with Crippen molar-refractivity contribution in [2.45, 2.75) is 39.7 Å². The molecule has 1 N–H and O–H groups in total. The molecular weight excluding hydrogens is 238 g/mol. The van der Waals surface area contributed by atoms with E-state index in [0.717, 1.165) is 31.1 Å². The van der Waals surface area contributed by atoms with Crippen molar-refractivity contribution in [1.82, 2.24) is 4.90 Å². The number of benzene rings is 1. The monoisotopic (exact) mass is 263 g/mol. The number of likely N-dealkylation sites (tertiary alicyclic amines) is 1. The largest absolute Gasteiger partial charge is 0.504 e. The van der Waals surface area contributed by atoms with E-state index in [2.05, 4.69) is 11.8 Å². The zero-order chi connectivity index (χ0) is 13.7.